The summed E-state index contributed by atoms with van der Waals surface area (Å²) >= 11 is 0. The largest absolute Gasteiger partial charge is 0.450 e. The Labute approximate surface area is 97.3 Å². The average molecular weight is 230 g/mol. The monoisotopic (exact) mass is 230 g/mol. The molecule has 0 unspecified atom stereocenters. The van der Waals surface area contributed by atoms with Gasteiger partial charge in [0.25, 0.3) is 0 Å². The van der Waals surface area contributed by atoms with E-state index in [2.05, 4.69) is 4.90 Å². The van der Waals surface area contributed by atoms with Crippen molar-refractivity contribution in [2.75, 3.05) is 53.0 Å². The number of nitrogens with zero attached hydrogens (tertiary/aromatic N) is 2. The maximum absolute atomic E-state index is 11.5. The minimum atomic E-state index is -0.184. The highest BCUT2D eigenvalue weighted by Gasteiger charge is 2.19. The van der Waals surface area contributed by atoms with Gasteiger partial charge in [-0.2, -0.15) is 0 Å². The molecule has 94 valence electrons. The number of hydrogen-bond acceptors (Lipinski definition) is 4. The Morgan fingerprint density at radius 3 is 2.75 bits per heavy atom. The molecule has 0 aromatic carbocycles. The molecule has 1 fully saturated rings. The Morgan fingerprint density at radius 1 is 1.25 bits per heavy atom. The van der Waals surface area contributed by atoms with E-state index in [1.807, 2.05) is 6.92 Å². The van der Waals surface area contributed by atoms with E-state index in [9.17, 15) is 4.79 Å². The summed E-state index contributed by atoms with van der Waals surface area (Å²) in [6, 6.07) is 0. The lowest BCUT2D eigenvalue weighted by molar-refractivity contribution is 0.107. The molecule has 16 heavy (non-hydrogen) atoms. The molecule has 0 saturated carbocycles. The van der Waals surface area contributed by atoms with Gasteiger partial charge in [0.1, 0.15) is 0 Å². The summed E-state index contributed by atoms with van der Waals surface area (Å²) in [6.07, 6.45) is 0.818. The molecule has 1 aliphatic rings. The first-order chi connectivity index (χ1) is 7.77. The van der Waals surface area contributed by atoms with Gasteiger partial charge in [0.05, 0.1) is 13.2 Å². The Kier molecular flexibility index (Phi) is 6.18. The van der Waals surface area contributed by atoms with E-state index in [0.29, 0.717) is 6.61 Å². The number of amides is 1. The zero-order chi connectivity index (χ0) is 11.8. The fourth-order valence-corrected chi connectivity index (χ4v) is 1.81. The molecule has 1 heterocycles. The van der Waals surface area contributed by atoms with Gasteiger partial charge in [0.15, 0.2) is 0 Å². The van der Waals surface area contributed by atoms with Crippen LogP contribution in [0.1, 0.15) is 13.3 Å². The van der Waals surface area contributed by atoms with E-state index in [0.717, 1.165) is 45.8 Å². The van der Waals surface area contributed by atoms with Crippen LogP contribution in [0.15, 0.2) is 0 Å². The van der Waals surface area contributed by atoms with Gasteiger partial charge >= 0.3 is 6.09 Å². The van der Waals surface area contributed by atoms with Gasteiger partial charge < -0.3 is 14.4 Å². The Bertz CT molecular complexity index is 211. The van der Waals surface area contributed by atoms with Crippen molar-refractivity contribution in [1.29, 1.82) is 0 Å². The molecule has 0 bridgehead atoms. The highest BCUT2D eigenvalue weighted by Crippen LogP contribution is 2.04. The third-order valence-corrected chi connectivity index (χ3v) is 2.73. The van der Waals surface area contributed by atoms with Gasteiger partial charge in [-0.25, -0.2) is 4.79 Å². The van der Waals surface area contributed by atoms with E-state index in [1.54, 1.807) is 12.0 Å². The fraction of sp³-hybridized carbons (Fsp3) is 0.909. The molecule has 1 amide bonds. The van der Waals surface area contributed by atoms with E-state index < -0.39 is 0 Å². The van der Waals surface area contributed by atoms with Crippen molar-refractivity contribution in [3.63, 3.8) is 0 Å². The zero-order valence-corrected chi connectivity index (χ0v) is 10.3. The van der Waals surface area contributed by atoms with Crippen molar-refractivity contribution in [2.24, 2.45) is 0 Å². The lowest BCUT2D eigenvalue weighted by atomic mass is 10.4. The smallest absolute Gasteiger partial charge is 0.409 e. The van der Waals surface area contributed by atoms with Crippen molar-refractivity contribution in [2.45, 2.75) is 13.3 Å². The average Bonchev–Trinajstić information content (AvgIpc) is 2.52. The van der Waals surface area contributed by atoms with E-state index in [4.69, 9.17) is 9.47 Å². The Hall–Kier alpha value is -0.810. The van der Waals surface area contributed by atoms with E-state index in [-0.39, 0.29) is 6.09 Å². The minimum Gasteiger partial charge on any atom is -0.450 e. The molecule has 1 rings (SSSR count). The summed E-state index contributed by atoms with van der Waals surface area (Å²) in [7, 11) is 1.71. The summed E-state index contributed by atoms with van der Waals surface area (Å²) in [5.41, 5.74) is 0. The number of rotatable bonds is 4. The van der Waals surface area contributed by atoms with Crippen LogP contribution < -0.4 is 0 Å². The Balaban J connectivity index is 2.31. The first kappa shape index (κ1) is 13.3. The lowest BCUT2D eigenvalue weighted by Gasteiger charge is -2.21. The van der Waals surface area contributed by atoms with Gasteiger partial charge in [0, 0.05) is 33.3 Å². The topological polar surface area (TPSA) is 42.0 Å². The molecule has 0 aromatic heterocycles. The van der Waals surface area contributed by atoms with E-state index in [1.165, 1.54) is 0 Å². The van der Waals surface area contributed by atoms with Crippen molar-refractivity contribution in [3.8, 4) is 0 Å². The molecule has 0 N–H and O–H groups in total. The van der Waals surface area contributed by atoms with Crippen molar-refractivity contribution < 1.29 is 14.3 Å². The molecular weight excluding hydrogens is 208 g/mol. The van der Waals surface area contributed by atoms with Crippen molar-refractivity contribution >= 4 is 6.09 Å². The summed E-state index contributed by atoms with van der Waals surface area (Å²) in [5, 5.41) is 0. The molecule has 0 atom stereocenters. The standard InChI is InChI=1S/C11H22N2O3/c1-3-16-11(14)13-6-4-5-12(7-8-13)9-10-15-2/h3-10H2,1-2H3. The predicted octanol–water partition coefficient (Wildman–Crippen LogP) is 0.797. The summed E-state index contributed by atoms with van der Waals surface area (Å²) < 4.78 is 10.0. The third kappa shape index (κ3) is 4.37. The van der Waals surface area contributed by atoms with Gasteiger partial charge in [-0.15, -0.1) is 0 Å². The number of hydrogen-bond donors (Lipinski definition) is 0. The lowest BCUT2D eigenvalue weighted by Crippen LogP contribution is -2.36. The minimum absolute atomic E-state index is 0.184. The maximum Gasteiger partial charge on any atom is 0.409 e. The van der Waals surface area contributed by atoms with Crippen molar-refractivity contribution in [1.82, 2.24) is 9.80 Å². The van der Waals surface area contributed by atoms with Gasteiger partial charge in [0.2, 0.25) is 0 Å². The number of methoxy groups -OCH3 is 1. The van der Waals surface area contributed by atoms with Gasteiger partial charge in [-0.3, -0.25) is 4.90 Å². The molecule has 5 heteroatoms. The van der Waals surface area contributed by atoms with Crippen LogP contribution >= 0.6 is 0 Å². The second kappa shape index (κ2) is 7.46. The molecule has 0 aromatic rings. The number of ether oxygens (including phenoxy) is 2. The summed E-state index contributed by atoms with van der Waals surface area (Å²) in [6.45, 7) is 7.45. The highest BCUT2D eigenvalue weighted by molar-refractivity contribution is 5.67. The highest BCUT2D eigenvalue weighted by atomic mass is 16.6. The first-order valence-electron chi connectivity index (χ1n) is 5.91. The van der Waals surface area contributed by atoms with Gasteiger partial charge in [-0.05, 0) is 19.9 Å². The second-order valence-corrected chi connectivity index (χ2v) is 3.87. The Morgan fingerprint density at radius 2 is 2.06 bits per heavy atom. The van der Waals surface area contributed by atoms with Crippen LogP contribution in [0.2, 0.25) is 0 Å². The second-order valence-electron chi connectivity index (χ2n) is 3.87. The first-order valence-corrected chi connectivity index (χ1v) is 5.91. The molecule has 1 aliphatic heterocycles. The quantitative estimate of drug-likeness (QED) is 0.716. The molecule has 5 nitrogen and oxygen atoms in total. The van der Waals surface area contributed by atoms with E-state index >= 15 is 0 Å². The SMILES string of the molecule is CCOC(=O)N1CCCN(CCOC)CC1. The fourth-order valence-electron chi connectivity index (χ4n) is 1.81. The number of carbonyl (C=O) groups excluding carboxylic acids is 1. The van der Waals surface area contributed by atoms with Crippen LogP contribution in [0.25, 0.3) is 0 Å². The molecule has 0 radical (unpaired) electrons. The number of carbonyl (C=O) groups is 1. The van der Waals surface area contributed by atoms with Crippen LogP contribution in [0, 0.1) is 0 Å². The van der Waals surface area contributed by atoms with Crippen LogP contribution in [0.3, 0.4) is 0 Å². The molecule has 1 saturated heterocycles. The van der Waals surface area contributed by atoms with Gasteiger partial charge in [-0.1, -0.05) is 0 Å². The van der Waals surface area contributed by atoms with Crippen LogP contribution in [0.5, 0.6) is 0 Å². The summed E-state index contributed by atoms with van der Waals surface area (Å²) in [5.74, 6) is 0. The van der Waals surface area contributed by atoms with Crippen LogP contribution in [0.4, 0.5) is 4.79 Å². The maximum atomic E-state index is 11.5. The van der Waals surface area contributed by atoms with Crippen molar-refractivity contribution in [3.05, 3.63) is 0 Å². The summed E-state index contributed by atoms with van der Waals surface area (Å²) in [4.78, 5) is 15.6. The van der Waals surface area contributed by atoms with Crippen LogP contribution in [-0.2, 0) is 9.47 Å². The predicted molar refractivity (Wildman–Crippen MR) is 61.5 cm³/mol. The zero-order valence-electron chi connectivity index (χ0n) is 10.3. The molecule has 0 aliphatic carbocycles. The van der Waals surface area contributed by atoms with Crippen LogP contribution in [-0.4, -0.2) is 68.9 Å². The normalized spacial score (nSPS) is 18.2. The molecular formula is C11H22N2O3. The third-order valence-electron chi connectivity index (χ3n) is 2.73. The molecule has 0 spiro atoms.